The van der Waals surface area contributed by atoms with Crippen LogP contribution in [0.15, 0.2) is 12.1 Å². The number of urea groups is 1. The van der Waals surface area contributed by atoms with E-state index in [0.29, 0.717) is 58.1 Å². The van der Waals surface area contributed by atoms with Gasteiger partial charge in [-0.25, -0.2) is 28.4 Å². The number of carbonyl (C=O) groups excluding carboxylic acids is 2. The molecule has 4 amide bonds. The van der Waals surface area contributed by atoms with Crippen LogP contribution in [-0.2, 0) is 11.2 Å². The first-order valence-corrected chi connectivity index (χ1v) is 15.8. The summed E-state index contributed by atoms with van der Waals surface area (Å²) in [5.41, 5.74) is 1.50. The van der Waals surface area contributed by atoms with Gasteiger partial charge in [-0.15, -0.1) is 0 Å². The molecule has 2 atom stereocenters. The fourth-order valence-electron chi connectivity index (χ4n) is 11.2. The summed E-state index contributed by atoms with van der Waals surface area (Å²) < 4.78 is 21.8. The molecule has 238 valence electrons. The van der Waals surface area contributed by atoms with Crippen molar-refractivity contribution in [2.45, 2.75) is 76.9 Å². The van der Waals surface area contributed by atoms with Crippen molar-refractivity contribution in [2.24, 2.45) is 35.5 Å². The summed E-state index contributed by atoms with van der Waals surface area (Å²) in [6.07, 6.45) is -2.29. The minimum absolute atomic E-state index is 0.124. The molecule has 13 heteroatoms. The molecule has 3 heterocycles. The lowest BCUT2D eigenvalue weighted by Gasteiger charge is -3.11. The Balaban J connectivity index is 1.06. The van der Waals surface area contributed by atoms with Crippen LogP contribution in [0.4, 0.5) is 24.6 Å². The lowest BCUT2D eigenvalue weighted by Crippen LogP contribution is -3.19. The fourth-order valence-corrected chi connectivity index (χ4v) is 11.2. The number of benzene rings is 1. The number of halogens is 1. The van der Waals surface area contributed by atoms with Crippen LogP contribution >= 0.6 is 0 Å². The van der Waals surface area contributed by atoms with Crippen molar-refractivity contribution in [3.8, 4) is 5.69 Å². The average Bonchev–Trinajstić information content (AvgIpc) is 3.47. The van der Waals surface area contributed by atoms with Crippen LogP contribution in [0.3, 0.4) is 0 Å². The van der Waals surface area contributed by atoms with Gasteiger partial charge in [0, 0.05) is 18.5 Å². The Labute approximate surface area is 259 Å². The van der Waals surface area contributed by atoms with E-state index in [1.165, 1.54) is 9.80 Å². The van der Waals surface area contributed by atoms with Crippen molar-refractivity contribution in [3.05, 3.63) is 40.3 Å². The fraction of sp³-hybridized carbons (Fsp3) is 0.625. The second-order valence-corrected chi connectivity index (χ2v) is 15.2. The Morgan fingerprint density at radius 2 is 1.69 bits per heavy atom. The number of nitrogens with zero attached hydrogens (tertiary/aromatic N) is 5. The third-order valence-electron chi connectivity index (χ3n) is 12.4. The number of aromatic nitrogens is 2. The molecule has 45 heavy (non-hydrogen) atoms. The number of hydrogen-bond donors (Lipinski definition) is 3. The first kappa shape index (κ1) is 27.4. The van der Waals surface area contributed by atoms with Gasteiger partial charge >= 0.3 is 18.2 Å². The molecule has 0 radical (unpaired) electrons. The smallest absolute Gasteiger partial charge is 0.408 e. The second kappa shape index (κ2) is 7.91. The Morgan fingerprint density at radius 1 is 1.09 bits per heavy atom. The summed E-state index contributed by atoms with van der Waals surface area (Å²) in [7, 11) is 0. The summed E-state index contributed by atoms with van der Waals surface area (Å²) in [6, 6.07) is 2.37. The van der Waals surface area contributed by atoms with E-state index in [4.69, 9.17) is 9.84 Å². The van der Waals surface area contributed by atoms with Crippen molar-refractivity contribution in [1.29, 1.82) is 0 Å². The number of fused-ring (bicyclic) bond motifs is 1. The molecule has 2 aliphatic heterocycles. The van der Waals surface area contributed by atoms with Crippen LogP contribution in [0, 0.1) is 55.2 Å². The number of aliphatic hydroxyl groups is 1. The van der Waals surface area contributed by atoms with Crippen LogP contribution in [0.2, 0.25) is 0 Å². The zero-order valence-electron chi connectivity index (χ0n) is 26.0. The molecule has 1 saturated heterocycles. The molecule has 6 aliphatic carbocycles. The van der Waals surface area contributed by atoms with Crippen LogP contribution < -0.4 is 10.2 Å². The van der Waals surface area contributed by atoms with Gasteiger partial charge in [0.25, 0.3) is 0 Å². The Kier molecular flexibility index (Phi) is 4.82. The van der Waals surface area contributed by atoms with Gasteiger partial charge in [0.2, 0.25) is 0 Å². The molecule has 1 aromatic carbocycles. The lowest BCUT2D eigenvalue weighted by atomic mass is 8.96. The third-order valence-corrected chi connectivity index (χ3v) is 12.4. The van der Waals surface area contributed by atoms with Crippen molar-refractivity contribution >= 4 is 24.0 Å². The van der Waals surface area contributed by atoms with Crippen molar-refractivity contribution in [3.63, 3.8) is 0 Å². The van der Waals surface area contributed by atoms with E-state index < -0.39 is 24.0 Å². The maximum Gasteiger partial charge on any atom is 0.408 e. The first-order chi connectivity index (χ1) is 21.2. The summed E-state index contributed by atoms with van der Waals surface area (Å²) in [5.74, 6) is 1.80. The molecule has 12 nitrogen and oxygen atoms in total. The van der Waals surface area contributed by atoms with Crippen molar-refractivity contribution in [2.75, 3.05) is 18.0 Å². The maximum atomic E-state index is 14.7. The van der Waals surface area contributed by atoms with Gasteiger partial charge in [-0.3, -0.25) is 0 Å². The summed E-state index contributed by atoms with van der Waals surface area (Å²) in [4.78, 5) is 43.8. The highest BCUT2D eigenvalue weighted by Crippen LogP contribution is 3.04. The Morgan fingerprint density at radius 3 is 2.24 bits per heavy atom. The van der Waals surface area contributed by atoms with Gasteiger partial charge in [0.1, 0.15) is 17.2 Å². The number of ether oxygens (including phenoxy) is 1. The first-order valence-electron chi connectivity index (χ1n) is 15.8. The Hall–Kier alpha value is -3.87. The molecule has 6 saturated carbocycles. The van der Waals surface area contributed by atoms with Crippen molar-refractivity contribution < 1.29 is 33.7 Å². The molecule has 10 rings (SSSR count). The highest BCUT2D eigenvalue weighted by Gasteiger charge is 3.12. The van der Waals surface area contributed by atoms with E-state index in [1.807, 2.05) is 25.7 Å². The molecule has 1 unspecified atom stereocenters. The lowest BCUT2D eigenvalue weighted by molar-refractivity contribution is -0.606. The Bertz CT molecular complexity index is 1690. The third kappa shape index (κ3) is 2.77. The van der Waals surface area contributed by atoms with E-state index in [1.54, 1.807) is 37.6 Å². The normalized spacial score (nSPS) is 39.2. The number of carbonyl (C=O) groups is 3. The molecule has 3 N–H and O–H groups in total. The second-order valence-electron chi connectivity index (χ2n) is 15.2. The minimum atomic E-state index is -1.18. The molecular formula is C32H37FN6O6. The number of aliphatic hydroxyl groups excluding tert-OH is 1. The van der Waals surface area contributed by atoms with Gasteiger partial charge in [0.15, 0.2) is 6.23 Å². The SMILES string of the molecule is Cc1cc(-n2nc3c(c2N2C(=O)N(C45C6C7C4C4C5C6C74NC(=O)OC(C)(C)C)CC2O)[C@H](C)N(C(=O)O)CC3)cc(C)c1F. The highest BCUT2D eigenvalue weighted by atomic mass is 19.1. The summed E-state index contributed by atoms with van der Waals surface area (Å²) in [6.45, 7) is 11.0. The van der Waals surface area contributed by atoms with Gasteiger partial charge in [-0.05, 0) is 100 Å². The van der Waals surface area contributed by atoms with Crippen LogP contribution in [0.25, 0.3) is 5.69 Å². The van der Waals surface area contributed by atoms with Crippen LogP contribution in [-0.4, -0.2) is 84.0 Å². The largest absolute Gasteiger partial charge is 0.465 e. The van der Waals surface area contributed by atoms with Crippen LogP contribution in [0.5, 0.6) is 0 Å². The summed E-state index contributed by atoms with van der Waals surface area (Å²) >= 11 is 0. The van der Waals surface area contributed by atoms with E-state index in [-0.39, 0.29) is 59.9 Å². The number of amides is 4. The van der Waals surface area contributed by atoms with Crippen molar-refractivity contribution in [1.82, 2.24) is 24.9 Å². The number of carboxylic acid groups (broad SMARTS) is 1. The van der Waals surface area contributed by atoms with E-state index in [0.717, 1.165) is 0 Å². The standard InChI is InChI=1S/C32H37FN6O6/c1-12-9-15(10-13(2)25(12)33)39-26(18-14(3)36(29(43)44)8-7-16(18)35-39)38-17(40)11-37(28(38)42)32-22-19-23(32)21-24(32)20(22)31(19,21)34-27(41)45-30(4,5)6/h9-10,14,17,19-24,40H,7-8,11H2,1-6H3,(H,34,41)(H,43,44)/t14-,17?,19?,20?,21?,22?,23?,24?,31?,32?/m0/s1. The van der Waals surface area contributed by atoms with E-state index in [2.05, 4.69) is 5.32 Å². The quantitative estimate of drug-likeness (QED) is 0.475. The van der Waals surface area contributed by atoms with Crippen LogP contribution in [0.1, 0.15) is 56.1 Å². The van der Waals surface area contributed by atoms with E-state index >= 15 is 0 Å². The van der Waals surface area contributed by atoms with Gasteiger partial charge in [-0.2, -0.15) is 5.10 Å². The maximum absolute atomic E-state index is 14.7. The molecule has 2 aromatic rings. The molecule has 1 aromatic heterocycles. The number of nitrogens with one attached hydrogen (secondary N) is 1. The minimum Gasteiger partial charge on any atom is -0.465 e. The average molecular weight is 621 g/mol. The summed E-state index contributed by atoms with van der Waals surface area (Å²) in [5, 5.41) is 29.6. The number of alkyl carbamates (subject to hydrolysis) is 1. The number of rotatable bonds is 4. The topological polar surface area (TPSA) is 140 Å². The number of aryl methyl sites for hydroxylation is 2. The van der Waals surface area contributed by atoms with Gasteiger partial charge in [0.05, 0.1) is 35.0 Å². The predicted molar refractivity (Wildman–Crippen MR) is 156 cm³/mol. The van der Waals surface area contributed by atoms with Gasteiger partial charge in [-0.1, -0.05) is 0 Å². The molecule has 0 bridgehead atoms. The zero-order valence-corrected chi connectivity index (χ0v) is 26.0. The predicted octanol–water partition coefficient (Wildman–Crippen LogP) is 3.55. The number of anilines is 1. The number of β-amino-alcohol motifs (C(OH)–C–C–N with tert-alkyl or cyclic N) is 1. The van der Waals surface area contributed by atoms with Gasteiger partial charge < -0.3 is 30.1 Å². The zero-order chi connectivity index (χ0) is 31.9. The molecule has 8 aliphatic rings. The molecule has 7 fully saturated rings. The monoisotopic (exact) mass is 620 g/mol. The number of hydrogen-bond acceptors (Lipinski definition) is 6. The van der Waals surface area contributed by atoms with E-state index in [9.17, 15) is 29.0 Å². The highest BCUT2D eigenvalue weighted by molar-refractivity contribution is 5.97. The molecular weight excluding hydrogens is 583 g/mol. The molecule has 0 spiro atoms.